The van der Waals surface area contributed by atoms with Gasteiger partial charge in [-0.2, -0.15) is 0 Å². The molecule has 1 heterocycles. The molecule has 0 saturated carbocycles. The van der Waals surface area contributed by atoms with E-state index >= 15 is 0 Å². The fourth-order valence-corrected chi connectivity index (χ4v) is 0.622. The molecule has 0 aromatic carbocycles. The van der Waals surface area contributed by atoms with Crippen LogP contribution < -0.4 is 0 Å². The fourth-order valence-electron chi connectivity index (χ4n) is 0.622. The van der Waals surface area contributed by atoms with E-state index in [4.69, 9.17) is 5.11 Å². The van der Waals surface area contributed by atoms with Gasteiger partial charge in [0, 0.05) is 5.92 Å². The van der Waals surface area contributed by atoms with E-state index in [1.54, 1.807) is 6.92 Å². The smallest absolute Gasteiger partial charge is 0.335 e. The first kappa shape index (κ1) is 5.56. The molecule has 8 heavy (non-hydrogen) atoms. The summed E-state index contributed by atoms with van der Waals surface area (Å²) < 4.78 is 4.49. The van der Waals surface area contributed by atoms with Crippen LogP contribution in [-0.2, 0) is 9.53 Å². The van der Waals surface area contributed by atoms with Crippen molar-refractivity contribution >= 4 is 5.97 Å². The summed E-state index contributed by atoms with van der Waals surface area (Å²) in [6.07, 6.45) is -0.880. The predicted octanol–water partition coefficient (Wildman–Crippen LogP) is -0.460. The minimum absolute atomic E-state index is 0.0255. The van der Waals surface area contributed by atoms with E-state index in [1.165, 1.54) is 0 Å². The lowest BCUT2D eigenvalue weighted by atomic mass is 10.1. The van der Waals surface area contributed by atoms with Gasteiger partial charge in [0.2, 0.25) is 0 Å². The van der Waals surface area contributed by atoms with Crippen LogP contribution in [0.15, 0.2) is 0 Å². The van der Waals surface area contributed by atoms with E-state index in [2.05, 4.69) is 4.74 Å². The normalized spacial score (nSPS) is 37.5. The molecule has 0 bridgehead atoms. The Morgan fingerprint density at radius 2 is 2.50 bits per heavy atom. The predicted molar refractivity (Wildman–Crippen MR) is 26.1 cm³/mol. The zero-order valence-electron chi connectivity index (χ0n) is 4.63. The summed E-state index contributed by atoms with van der Waals surface area (Å²) in [4.78, 5) is 10.3. The van der Waals surface area contributed by atoms with Gasteiger partial charge in [0.15, 0.2) is 6.10 Å². The zero-order valence-corrected chi connectivity index (χ0v) is 4.63. The molecule has 0 unspecified atom stereocenters. The van der Waals surface area contributed by atoms with E-state index in [0.717, 1.165) is 0 Å². The Kier molecular flexibility index (Phi) is 1.21. The maximum absolute atomic E-state index is 10.3. The molecule has 1 fully saturated rings. The molecule has 2 atom stereocenters. The molecule has 0 amide bonds. The summed E-state index contributed by atoms with van der Waals surface area (Å²) in [7, 11) is 0. The van der Waals surface area contributed by atoms with Crippen LogP contribution in [0, 0.1) is 5.92 Å². The van der Waals surface area contributed by atoms with Gasteiger partial charge in [0.25, 0.3) is 0 Å². The Labute approximate surface area is 47.3 Å². The summed E-state index contributed by atoms with van der Waals surface area (Å²) in [6.45, 7) is 2.13. The van der Waals surface area contributed by atoms with Gasteiger partial charge in [0.1, 0.15) is 0 Å². The Morgan fingerprint density at radius 1 is 1.88 bits per heavy atom. The van der Waals surface area contributed by atoms with Gasteiger partial charge in [-0.1, -0.05) is 6.92 Å². The highest BCUT2D eigenvalue weighted by Gasteiger charge is 2.31. The number of hydrogen-bond donors (Lipinski definition) is 1. The average Bonchev–Trinajstić information content (AvgIpc) is 1.98. The minimum atomic E-state index is -0.880. The van der Waals surface area contributed by atoms with E-state index in [-0.39, 0.29) is 5.92 Å². The molecule has 3 nitrogen and oxygen atoms in total. The summed E-state index contributed by atoms with van der Waals surface area (Å²) in [6, 6.07) is 0. The van der Waals surface area contributed by atoms with Gasteiger partial charge in [0.05, 0.1) is 6.61 Å². The monoisotopic (exact) mass is 116 g/mol. The van der Waals surface area contributed by atoms with Crippen molar-refractivity contribution in [3.8, 4) is 0 Å². The van der Waals surface area contributed by atoms with Crippen molar-refractivity contribution in [3.63, 3.8) is 0 Å². The molecular formula is C5H8O3. The van der Waals surface area contributed by atoms with Crippen molar-refractivity contribution in [1.29, 1.82) is 0 Å². The highest BCUT2D eigenvalue weighted by atomic mass is 16.6. The number of aliphatic hydroxyl groups is 1. The second kappa shape index (κ2) is 1.74. The van der Waals surface area contributed by atoms with Crippen molar-refractivity contribution in [2.75, 3.05) is 6.61 Å². The topological polar surface area (TPSA) is 46.5 Å². The van der Waals surface area contributed by atoms with Gasteiger partial charge in [-0.25, -0.2) is 4.79 Å². The first-order valence-corrected chi connectivity index (χ1v) is 2.56. The Hall–Kier alpha value is -0.570. The van der Waals surface area contributed by atoms with Crippen LogP contribution in [0.1, 0.15) is 6.92 Å². The lowest BCUT2D eigenvalue weighted by Crippen LogP contribution is -2.18. The number of carbonyl (C=O) groups excluding carboxylic acids is 1. The summed E-state index contributed by atoms with van der Waals surface area (Å²) in [5.41, 5.74) is 0. The molecule has 1 aliphatic heterocycles. The number of aliphatic hydroxyl groups excluding tert-OH is 1. The zero-order chi connectivity index (χ0) is 6.15. The minimum Gasteiger partial charge on any atom is -0.463 e. The van der Waals surface area contributed by atoms with E-state index < -0.39 is 12.1 Å². The molecule has 1 saturated heterocycles. The molecule has 3 heteroatoms. The molecule has 46 valence electrons. The number of carbonyl (C=O) groups is 1. The summed E-state index contributed by atoms with van der Waals surface area (Å²) in [5, 5.41) is 8.79. The summed E-state index contributed by atoms with van der Waals surface area (Å²) >= 11 is 0. The lowest BCUT2D eigenvalue weighted by molar-refractivity contribution is -0.144. The van der Waals surface area contributed by atoms with Crippen LogP contribution in [0.25, 0.3) is 0 Å². The molecule has 1 aliphatic rings. The van der Waals surface area contributed by atoms with E-state index in [9.17, 15) is 4.79 Å². The number of rotatable bonds is 0. The molecule has 0 aromatic heterocycles. The van der Waals surface area contributed by atoms with Gasteiger partial charge in [-0.05, 0) is 0 Å². The number of ether oxygens (including phenoxy) is 1. The Balaban J connectivity index is 2.56. The van der Waals surface area contributed by atoms with Crippen molar-refractivity contribution < 1.29 is 14.6 Å². The second-order valence-corrected chi connectivity index (χ2v) is 2.05. The summed E-state index contributed by atoms with van der Waals surface area (Å²) in [5.74, 6) is -0.514. The molecule has 0 spiro atoms. The highest BCUT2D eigenvalue weighted by molar-refractivity contribution is 5.76. The third-order valence-corrected chi connectivity index (χ3v) is 1.27. The molecule has 0 aromatic rings. The van der Waals surface area contributed by atoms with Crippen molar-refractivity contribution in [2.24, 2.45) is 5.92 Å². The average molecular weight is 116 g/mol. The number of cyclic esters (lactones) is 1. The van der Waals surface area contributed by atoms with Crippen LogP contribution >= 0.6 is 0 Å². The highest BCUT2D eigenvalue weighted by Crippen LogP contribution is 2.12. The maximum atomic E-state index is 10.3. The standard InChI is InChI=1S/C5H8O3/c1-3-2-8-5(7)4(3)6/h3-4,6H,2H2,1H3/t3-,4+/m0/s1. The third kappa shape index (κ3) is 0.690. The van der Waals surface area contributed by atoms with Gasteiger partial charge >= 0.3 is 5.97 Å². The van der Waals surface area contributed by atoms with Crippen molar-refractivity contribution in [3.05, 3.63) is 0 Å². The Bertz CT molecular complexity index is 110. The van der Waals surface area contributed by atoms with Crippen LogP contribution in [0.2, 0.25) is 0 Å². The number of hydrogen-bond acceptors (Lipinski definition) is 3. The first-order valence-electron chi connectivity index (χ1n) is 2.56. The second-order valence-electron chi connectivity index (χ2n) is 2.05. The van der Waals surface area contributed by atoms with Crippen molar-refractivity contribution in [2.45, 2.75) is 13.0 Å². The van der Waals surface area contributed by atoms with E-state index in [1.807, 2.05) is 0 Å². The molecule has 0 radical (unpaired) electrons. The number of esters is 1. The van der Waals surface area contributed by atoms with Crippen LogP contribution in [0.4, 0.5) is 0 Å². The maximum Gasteiger partial charge on any atom is 0.335 e. The van der Waals surface area contributed by atoms with Gasteiger partial charge < -0.3 is 9.84 Å². The fraction of sp³-hybridized carbons (Fsp3) is 0.800. The lowest BCUT2D eigenvalue weighted by Gasteiger charge is -1.97. The van der Waals surface area contributed by atoms with Crippen molar-refractivity contribution in [1.82, 2.24) is 0 Å². The van der Waals surface area contributed by atoms with Crippen LogP contribution in [0.3, 0.4) is 0 Å². The van der Waals surface area contributed by atoms with Crippen LogP contribution in [-0.4, -0.2) is 23.8 Å². The molecule has 1 N–H and O–H groups in total. The quantitative estimate of drug-likeness (QED) is 0.435. The SMILES string of the molecule is C[C@H]1COC(=O)[C@@H]1O. The van der Waals surface area contributed by atoms with Crippen LogP contribution in [0.5, 0.6) is 0 Å². The third-order valence-electron chi connectivity index (χ3n) is 1.27. The molecule has 0 aliphatic carbocycles. The van der Waals surface area contributed by atoms with Gasteiger partial charge in [-0.15, -0.1) is 0 Å². The van der Waals surface area contributed by atoms with E-state index in [0.29, 0.717) is 6.61 Å². The Morgan fingerprint density at radius 3 is 2.62 bits per heavy atom. The first-order chi connectivity index (χ1) is 3.72. The largest absolute Gasteiger partial charge is 0.463 e. The van der Waals surface area contributed by atoms with Gasteiger partial charge in [-0.3, -0.25) is 0 Å². The molecule has 1 rings (SSSR count). The molecular weight excluding hydrogens is 108 g/mol.